The van der Waals surface area contributed by atoms with Crippen molar-refractivity contribution < 1.29 is 9.31 Å². The van der Waals surface area contributed by atoms with Crippen molar-refractivity contribution in [1.82, 2.24) is 0 Å². The third-order valence-corrected chi connectivity index (χ3v) is 1.59. The number of non-ortho nitro benzene ring substituents is 1. The summed E-state index contributed by atoms with van der Waals surface area (Å²) in [6, 6.07) is 3.04. The van der Waals surface area contributed by atoms with Crippen molar-refractivity contribution in [3.8, 4) is 0 Å². The number of anilines is 1. The topological polar surface area (TPSA) is 55.2 Å². The second-order valence-corrected chi connectivity index (χ2v) is 3.33. The second-order valence-electron chi connectivity index (χ2n) is 2.32. The van der Waals surface area contributed by atoms with E-state index in [0.29, 0.717) is 0 Å². The largest absolute Gasteiger partial charge is 0.334 e. The molecule has 0 amide bonds. The maximum Gasteiger partial charge on any atom is 0.271 e. The molecule has 1 aromatic carbocycles. The Hall–Kier alpha value is -1.27. The highest BCUT2D eigenvalue weighted by atomic mass is 35.5. The van der Waals surface area contributed by atoms with Crippen molar-refractivity contribution in [1.29, 1.82) is 0 Å². The smallest absolute Gasteiger partial charge is 0.271 e. The highest BCUT2D eigenvalue weighted by Gasteiger charge is 2.10. The molecular formula is C7H4ClFN2O2S. The SMILES string of the molecule is O=[N+]([O-])c1ccc(F)c(NC(=S)Cl)c1. The van der Waals surface area contributed by atoms with Crippen LogP contribution in [-0.2, 0) is 0 Å². The second kappa shape index (κ2) is 4.30. The van der Waals surface area contributed by atoms with Crippen molar-refractivity contribution >= 4 is 39.6 Å². The lowest BCUT2D eigenvalue weighted by molar-refractivity contribution is -0.384. The number of benzene rings is 1. The first-order valence-corrected chi connectivity index (χ1v) is 4.20. The van der Waals surface area contributed by atoms with Gasteiger partial charge >= 0.3 is 0 Å². The van der Waals surface area contributed by atoms with Gasteiger partial charge in [0, 0.05) is 12.1 Å². The van der Waals surface area contributed by atoms with Gasteiger partial charge in [0.15, 0.2) is 4.45 Å². The van der Waals surface area contributed by atoms with E-state index in [9.17, 15) is 14.5 Å². The molecule has 0 fully saturated rings. The lowest BCUT2D eigenvalue weighted by atomic mass is 10.2. The van der Waals surface area contributed by atoms with Crippen LogP contribution in [0.5, 0.6) is 0 Å². The third kappa shape index (κ3) is 2.61. The number of halogens is 2. The van der Waals surface area contributed by atoms with E-state index in [0.717, 1.165) is 18.2 Å². The molecule has 7 heteroatoms. The summed E-state index contributed by atoms with van der Waals surface area (Å²) in [5.41, 5.74) is -0.346. The molecule has 4 nitrogen and oxygen atoms in total. The number of hydrogen-bond acceptors (Lipinski definition) is 3. The van der Waals surface area contributed by atoms with Crippen LogP contribution in [0.15, 0.2) is 18.2 Å². The number of nitro benzene ring substituents is 1. The molecule has 0 heterocycles. The summed E-state index contributed by atoms with van der Waals surface area (Å²) >= 11 is 9.76. The molecule has 0 radical (unpaired) electrons. The molecule has 0 aliphatic heterocycles. The van der Waals surface area contributed by atoms with Crippen LogP contribution in [0.3, 0.4) is 0 Å². The van der Waals surface area contributed by atoms with Crippen molar-refractivity contribution in [3.63, 3.8) is 0 Å². The van der Waals surface area contributed by atoms with E-state index in [2.05, 4.69) is 17.5 Å². The Morgan fingerprint density at radius 1 is 1.64 bits per heavy atom. The molecule has 0 aliphatic carbocycles. The Balaban J connectivity index is 3.08. The van der Waals surface area contributed by atoms with E-state index >= 15 is 0 Å². The van der Waals surface area contributed by atoms with Gasteiger partial charge in [-0.3, -0.25) is 10.1 Å². The van der Waals surface area contributed by atoms with E-state index in [1.807, 2.05) is 0 Å². The first kappa shape index (κ1) is 10.8. The molecule has 0 saturated heterocycles. The van der Waals surface area contributed by atoms with E-state index in [1.54, 1.807) is 0 Å². The molecule has 1 rings (SSSR count). The fourth-order valence-corrected chi connectivity index (χ4v) is 1.04. The standard InChI is InChI=1S/C7H4ClFN2O2S/c8-7(14)10-6-3-4(11(12)13)1-2-5(6)9/h1-3H,(H,10,14). The molecule has 14 heavy (non-hydrogen) atoms. The van der Waals surface area contributed by atoms with Crippen molar-refractivity contribution in [2.75, 3.05) is 5.32 Å². The Labute approximate surface area is 88.8 Å². The predicted molar refractivity (Wildman–Crippen MR) is 55.1 cm³/mol. The molecule has 1 aromatic rings. The average molecular weight is 235 g/mol. The number of thiocarbonyl (C=S) groups is 1. The van der Waals surface area contributed by atoms with Gasteiger partial charge in [-0.1, -0.05) is 11.6 Å². The highest BCUT2D eigenvalue weighted by Crippen LogP contribution is 2.21. The monoisotopic (exact) mass is 234 g/mol. The van der Waals surface area contributed by atoms with Crippen LogP contribution in [0.1, 0.15) is 0 Å². The minimum absolute atomic E-state index is 0.112. The Morgan fingerprint density at radius 2 is 2.29 bits per heavy atom. The van der Waals surface area contributed by atoms with Gasteiger partial charge in [0.1, 0.15) is 5.82 Å². The third-order valence-electron chi connectivity index (χ3n) is 1.39. The number of rotatable bonds is 2. The summed E-state index contributed by atoms with van der Waals surface area (Å²) in [7, 11) is 0. The Kier molecular flexibility index (Phi) is 3.32. The van der Waals surface area contributed by atoms with Crippen LogP contribution in [-0.4, -0.2) is 9.37 Å². The zero-order valence-electron chi connectivity index (χ0n) is 6.66. The summed E-state index contributed by atoms with van der Waals surface area (Å²) in [6.45, 7) is 0. The molecular weight excluding hydrogens is 231 g/mol. The summed E-state index contributed by atoms with van der Waals surface area (Å²) < 4.78 is 12.8. The van der Waals surface area contributed by atoms with Gasteiger partial charge in [-0.2, -0.15) is 0 Å². The highest BCUT2D eigenvalue weighted by molar-refractivity contribution is 7.83. The summed E-state index contributed by atoms with van der Waals surface area (Å²) in [5, 5.41) is 12.6. The normalized spacial score (nSPS) is 9.57. The number of hydrogen-bond donors (Lipinski definition) is 1. The van der Waals surface area contributed by atoms with Gasteiger partial charge in [-0.05, 0) is 18.3 Å². The summed E-state index contributed by atoms with van der Waals surface area (Å²) in [6.07, 6.45) is 0. The molecule has 0 atom stereocenters. The van der Waals surface area contributed by atoms with E-state index in [4.69, 9.17) is 11.6 Å². The summed E-state index contributed by atoms with van der Waals surface area (Å²) in [5.74, 6) is -0.654. The zero-order valence-corrected chi connectivity index (χ0v) is 8.23. The van der Waals surface area contributed by atoms with E-state index < -0.39 is 10.7 Å². The fourth-order valence-electron chi connectivity index (χ4n) is 0.828. The quantitative estimate of drug-likeness (QED) is 0.281. The van der Waals surface area contributed by atoms with Crippen LogP contribution in [0, 0.1) is 15.9 Å². The average Bonchev–Trinajstić information content (AvgIpc) is 2.07. The molecule has 1 N–H and O–H groups in total. The van der Waals surface area contributed by atoms with Gasteiger partial charge in [0.2, 0.25) is 0 Å². The fraction of sp³-hybridized carbons (Fsp3) is 0. The molecule has 0 saturated carbocycles. The maximum atomic E-state index is 13.0. The van der Waals surface area contributed by atoms with E-state index in [-0.39, 0.29) is 15.8 Å². The van der Waals surface area contributed by atoms with Crippen LogP contribution < -0.4 is 5.32 Å². The van der Waals surface area contributed by atoms with Crippen LogP contribution in [0.25, 0.3) is 0 Å². The van der Waals surface area contributed by atoms with Crippen LogP contribution in [0.4, 0.5) is 15.8 Å². The summed E-state index contributed by atoms with van der Waals surface area (Å²) in [4.78, 5) is 9.70. The molecule has 0 aromatic heterocycles. The van der Waals surface area contributed by atoms with Crippen molar-refractivity contribution in [2.45, 2.75) is 0 Å². The minimum atomic E-state index is -0.654. The molecule has 0 bridgehead atoms. The number of nitrogens with one attached hydrogen (secondary N) is 1. The van der Waals surface area contributed by atoms with Gasteiger partial charge < -0.3 is 5.32 Å². The van der Waals surface area contributed by atoms with Crippen molar-refractivity contribution in [2.24, 2.45) is 0 Å². The van der Waals surface area contributed by atoms with Gasteiger partial charge in [0.05, 0.1) is 10.6 Å². The first-order chi connectivity index (χ1) is 6.50. The van der Waals surface area contributed by atoms with E-state index in [1.165, 1.54) is 0 Å². The Morgan fingerprint density at radius 3 is 2.79 bits per heavy atom. The zero-order chi connectivity index (χ0) is 10.7. The maximum absolute atomic E-state index is 13.0. The lowest BCUT2D eigenvalue weighted by Crippen LogP contribution is -2.03. The number of nitro groups is 1. The van der Waals surface area contributed by atoms with Crippen LogP contribution >= 0.6 is 23.8 Å². The van der Waals surface area contributed by atoms with Crippen molar-refractivity contribution in [3.05, 3.63) is 34.1 Å². The predicted octanol–water partition coefficient (Wildman–Crippen LogP) is 2.67. The van der Waals surface area contributed by atoms with Gasteiger partial charge in [-0.15, -0.1) is 0 Å². The minimum Gasteiger partial charge on any atom is -0.334 e. The Bertz CT molecular complexity index is 399. The molecule has 0 aliphatic rings. The lowest BCUT2D eigenvalue weighted by Gasteiger charge is -2.02. The molecule has 0 spiro atoms. The van der Waals surface area contributed by atoms with Gasteiger partial charge in [-0.25, -0.2) is 4.39 Å². The first-order valence-electron chi connectivity index (χ1n) is 3.41. The van der Waals surface area contributed by atoms with Gasteiger partial charge in [0.25, 0.3) is 5.69 Å². The molecule has 0 unspecified atom stereocenters. The number of nitrogens with zero attached hydrogens (tertiary/aromatic N) is 1. The molecule has 74 valence electrons. The van der Waals surface area contributed by atoms with Crippen LogP contribution in [0.2, 0.25) is 0 Å².